The number of ketones is 1. The minimum absolute atomic E-state index is 0.145. The van der Waals surface area contributed by atoms with Crippen LogP contribution in [0.3, 0.4) is 0 Å². The number of nitrogens with two attached hydrogens (primary N) is 1. The maximum absolute atomic E-state index is 13.1. The van der Waals surface area contributed by atoms with E-state index in [0.717, 1.165) is 19.0 Å². The molecule has 1 unspecified atom stereocenters. The van der Waals surface area contributed by atoms with Gasteiger partial charge in [-0.25, -0.2) is 4.39 Å². The van der Waals surface area contributed by atoms with Crippen molar-refractivity contribution < 1.29 is 48.4 Å². The van der Waals surface area contributed by atoms with E-state index in [4.69, 9.17) is 37.0 Å². The number of carboxylic acids is 2. The largest absolute Gasteiger partial charge is 0.493 e. The average Bonchev–Trinajstić information content (AvgIpc) is 2.90. The van der Waals surface area contributed by atoms with E-state index in [9.17, 15) is 28.7 Å². The number of rotatable bonds is 12. The number of morpholine rings is 1. The van der Waals surface area contributed by atoms with Gasteiger partial charge in [0.25, 0.3) is 5.91 Å². The molecule has 0 spiro atoms. The van der Waals surface area contributed by atoms with Gasteiger partial charge in [0.15, 0.2) is 5.78 Å². The van der Waals surface area contributed by atoms with Crippen molar-refractivity contribution in [3.63, 3.8) is 0 Å². The van der Waals surface area contributed by atoms with E-state index < -0.39 is 36.2 Å². The summed E-state index contributed by atoms with van der Waals surface area (Å²) in [6.07, 6.45) is -1.93. The van der Waals surface area contributed by atoms with E-state index >= 15 is 0 Å². The predicted octanol–water partition coefficient (Wildman–Crippen LogP) is 2.35. The first-order valence-corrected chi connectivity index (χ1v) is 13.4. The van der Waals surface area contributed by atoms with Crippen molar-refractivity contribution in [3.8, 4) is 5.75 Å². The van der Waals surface area contributed by atoms with Crippen molar-refractivity contribution in [1.82, 2.24) is 10.2 Å². The van der Waals surface area contributed by atoms with Gasteiger partial charge in [-0.05, 0) is 37.6 Å². The predicted molar refractivity (Wildman–Crippen MR) is 151 cm³/mol. The number of nitrogen functional groups attached to an aromatic ring is 1. The highest BCUT2D eigenvalue weighted by atomic mass is 35.5. The smallest absolute Gasteiger partial charge is 0.306 e. The third-order valence-electron chi connectivity index (χ3n) is 6.22. The molecule has 1 atom stereocenters. The highest BCUT2D eigenvalue weighted by Gasteiger charge is 2.37. The zero-order chi connectivity index (χ0) is 31.4. The Bertz CT molecular complexity index is 1240. The van der Waals surface area contributed by atoms with E-state index in [1.807, 2.05) is 6.92 Å². The Labute approximate surface area is 247 Å². The van der Waals surface area contributed by atoms with Crippen LogP contribution in [0.25, 0.3) is 0 Å². The highest BCUT2D eigenvalue weighted by Crippen LogP contribution is 2.29. The Morgan fingerprint density at radius 1 is 1.17 bits per heavy atom. The zero-order valence-electron chi connectivity index (χ0n) is 23.3. The molecule has 2 aromatic carbocycles. The first-order chi connectivity index (χ1) is 19.7. The fourth-order valence-corrected chi connectivity index (χ4v) is 4.19. The van der Waals surface area contributed by atoms with Gasteiger partial charge in [0.05, 0.1) is 48.4 Å². The second-order valence-corrected chi connectivity index (χ2v) is 10.0. The Morgan fingerprint density at radius 2 is 1.79 bits per heavy atom. The maximum atomic E-state index is 13.1. The summed E-state index contributed by atoms with van der Waals surface area (Å²) in [4.78, 5) is 46.0. The molecule has 2 aromatic rings. The van der Waals surface area contributed by atoms with Crippen LogP contribution in [0.2, 0.25) is 5.02 Å². The number of aliphatic hydroxyl groups is 1. The van der Waals surface area contributed by atoms with Crippen LogP contribution in [-0.2, 0) is 25.7 Å². The summed E-state index contributed by atoms with van der Waals surface area (Å²) in [6.45, 7) is 6.26. The fraction of sp³-hybridized carbons (Fsp3) is 0.429. The van der Waals surface area contributed by atoms with Crippen molar-refractivity contribution >= 4 is 40.9 Å². The number of carboxylic acid groups (broad SMARTS) is 2. The van der Waals surface area contributed by atoms with Gasteiger partial charge in [0.2, 0.25) is 0 Å². The second kappa shape index (κ2) is 16.0. The van der Waals surface area contributed by atoms with Crippen LogP contribution in [0.15, 0.2) is 36.4 Å². The first-order valence-electron chi connectivity index (χ1n) is 13.0. The number of halogens is 2. The molecule has 0 radical (unpaired) electrons. The maximum Gasteiger partial charge on any atom is 0.306 e. The standard InChI is InChI=1S/C21H25ClFN3O3.C7H10O6/c1-2-28-20-10-19(24)18(22)9-17(20)21(27)25-11-16-13-26(7-8-29-16)12-14-3-5-15(23)6-4-14;1-4(8)7(13,2-5(9)10)3-6(11)12/h3-6,9-10,16H,2,7-8,11-13,24H2,1H3,(H,25,27);13H,2-3H2,1H3,(H,9,10)(H,11,12). The number of aliphatic carboxylic acids is 2. The number of carbonyl (C=O) groups is 4. The third-order valence-corrected chi connectivity index (χ3v) is 6.55. The molecule has 1 fully saturated rings. The zero-order valence-corrected chi connectivity index (χ0v) is 24.0. The molecule has 1 saturated heterocycles. The van der Waals surface area contributed by atoms with Crippen LogP contribution in [0.4, 0.5) is 10.1 Å². The quantitative estimate of drug-likeness (QED) is 0.222. The lowest BCUT2D eigenvalue weighted by Gasteiger charge is -2.33. The number of amides is 1. The molecule has 0 bridgehead atoms. The third kappa shape index (κ3) is 10.9. The molecule has 1 aliphatic heterocycles. The van der Waals surface area contributed by atoms with Crippen LogP contribution in [0.5, 0.6) is 5.75 Å². The van der Waals surface area contributed by atoms with Crippen molar-refractivity contribution in [1.29, 1.82) is 0 Å². The van der Waals surface area contributed by atoms with Gasteiger partial charge < -0.3 is 35.8 Å². The Kier molecular flexibility index (Phi) is 13.1. The fourth-order valence-electron chi connectivity index (χ4n) is 4.03. The molecule has 230 valence electrons. The van der Waals surface area contributed by atoms with E-state index in [1.54, 1.807) is 18.2 Å². The van der Waals surface area contributed by atoms with Crippen molar-refractivity contribution in [3.05, 3.63) is 58.4 Å². The summed E-state index contributed by atoms with van der Waals surface area (Å²) >= 11 is 6.07. The lowest BCUT2D eigenvalue weighted by molar-refractivity contribution is -0.156. The monoisotopic (exact) mass is 611 g/mol. The number of nitrogens with one attached hydrogen (secondary N) is 1. The Morgan fingerprint density at radius 3 is 2.33 bits per heavy atom. The molecule has 1 aliphatic rings. The van der Waals surface area contributed by atoms with Gasteiger partial charge >= 0.3 is 11.9 Å². The van der Waals surface area contributed by atoms with E-state index in [0.29, 0.717) is 54.9 Å². The molecule has 3 rings (SSSR count). The summed E-state index contributed by atoms with van der Waals surface area (Å²) in [5.41, 5.74) is 5.25. The second-order valence-electron chi connectivity index (χ2n) is 9.60. The molecule has 1 amide bonds. The van der Waals surface area contributed by atoms with E-state index in [1.165, 1.54) is 18.2 Å². The molecule has 12 nitrogen and oxygen atoms in total. The SMILES string of the molecule is CC(=O)C(O)(CC(=O)O)CC(=O)O.CCOc1cc(N)c(Cl)cc1C(=O)NCC1CN(Cc2ccc(F)cc2)CCO1. The van der Waals surface area contributed by atoms with Gasteiger partial charge in [-0.2, -0.15) is 0 Å². The van der Waals surface area contributed by atoms with Gasteiger partial charge in [-0.1, -0.05) is 23.7 Å². The molecule has 0 aromatic heterocycles. The van der Waals surface area contributed by atoms with Crippen LogP contribution in [0, 0.1) is 5.82 Å². The molecule has 1 heterocycles. The lowest BCUT2D eigenvalue weighted by Crippen LogP contribution is -2.47. The number of carbonyl (C=O) groups excluding carboxylic acids is 2. The Balaban J connectivity index is 0.000000401. The summed E-state index contributed by atoms with van der Waals surface area (Å²) < 4.78 is 24.4. The number of hydrogen-bond acceptors (Lipinski definition) is 9. The molecule has 0 saturated carbocycles. The number of nitrogens with zero attached hydrogens (tertiary/aromatic N) is 1. The number of hydrogen-bond donors (Lipinski definition) is 5. The first kappa shape index (κ1) is 34.4. The van der Waals surface area contributed by atoms with E-state index in [2.05, 4.69) is 10.2 Å². The molecular weight excluding hydrogens is 577 g/mol. The minimum atomic E-state index is -2.29. The van der Waals surface area contributed by atoms with Crippen LogP contribution < -0.4 is 15.8 Å². The molecular formula is C28H35ClFN3O9. The summed E-state index contributed by atoms with van der Waals surface area (Å²) in [5.74, 6) is -3.84. The minimum Gasteiger partial charge on any atom is -0.493 e. The summed E-state index contributed by atoms with van der Waals surface area (Å²) in [7, 11) is 0. The Hall–Kier alpha value is -3.78. The van der Waals surface area contributed by atoms with Crippen LogP contribution in [0.1, 0.15) is 42.6 Å². The number of anilines is 1. The van der Waals surface area contributed by atoms with Gasteiger partial charge in [-0.15, -0.1) is 0 Å². The molecule has 0 aliphatic carbocycles. The number of benzene rings is 2. The van der Waals surface area contributed by atoms with Crippen molar-refractivity contribution in [2.24, 2.45) is 0 Å². The molecule has 14 heteroatoms. The average molecular weight is 612 g/mol. The van der Waals surface area contributed by atoms with Crippen LogP contribution >= 0.6 is 11.6 Å². The van der Waals surface area contributed by atoms with Crippen LogP contribution in [-0.4, -0.2) is 88.4 Å². The lowest BCUT2D eigenvalue weighted by atomic mass is 9.91. The van der Waals surface area contributed by atoms with E-state index in [-0.39, 0.29) is 17.8 Å². The number of Topliss-reactive ketones (excluding diaryl/α,β-unsaturated/α-hetero) is 1. The molecule has 6 N–H and O–H groups in total. The number of ether oxygens (including phenoxy) is 2. The van der Waals surface area contributed by atoms with Gasteiger partial charge in [-0.3, -0.25) is 24.1 Å². The van der Waals surface area contributed by atoms with Gasteiger partial charge in [0, 0.05) is 32.2 Å². The van der Waals surface area contributed by atoms with Crippen molar-refractivity contribution in [2.75, 3.05) is 38.6 Å². The topological polar surface area (TPSA) is 189 Å². The highest BCUT2D eigenvalue weighted by molar-refractivity contribution is 6.33. The summed E-state index contributed by atoms with van der Waals surface area (Å²) in [5, 5.41) is 29.1. The molecule has 42 heavy (non-hydrogen) atoms. The van der Waals surface area contributed by atoms with Gasteiger partial charge in [0.1, 0.15) is 17.2 Å². The normalized spacial score (nSPS) is 15.2. The summed E-state index contributed by atoms with van der Waals surface area (Å²) in [6, 6.07) is 9.55. The van der Waals surface area contributed by atoms with Crippen molar-refractivity contribution in [2.45, 2.75) is 44.9 Å².